The molecule has 0 bridgehead atoms. The lowest BCUT2D eigenvalue weighted by Gasteiger charge is -2.39. The van der Waals surface area contributed by atoms with E-state index in [0.717, 1.165) is 32.5 Å². The molecule has 2 amide bonds. The molecular weight excluding hydrogens is 206 g/mol. The first-order valence-corrected chi connectivity index (χ1v) is 5.57. The number of piperidine rings is 1. The molecule has 2 rings (SSSR count). The molecule has 1 saturated heterocycles. The van der Waals surface area contributed by atoms with E-state index in [0.29, 0.717) is 5.96 Å². The van der Waals surface area contributed by atoms with Crippen LogP contribution in [0.1, 0.15) is 12.8 Å². The van der Waals surface area contributed by atoms with Gasteiger partial charge < -0.3 is 20.9 Å². The van der Waals surface area contributed by atoms with Crippen LogP contribution in [0.25, 0.3) is 0 Å². The molecule has 0 aromatic carbocycles. The fourth-order valence-corrected chi connectivity index (χ4v) is 2.28. The van der Waals surface area contributed by atoms with Gasteiger partial charge in [0.25, 0.3) is 0 Å². The summed E-state index contributed by atoms with van der Waals surface area (Å²) in [5, 5.41) is 3.23. The Hall–Kier alpha value is -1.46. The molecule has 0 saturated carbocycles. The third-order valence-corrected chi connectivity index (χ3v) is 3.32. The van der Waals surface area contributed by atoms with E-state index in [1.165, 1.54) is 0 Å². The summed E-state index contributed by atoms with van der Waals surface area (Å²) < 4.78 is 0. The molecule has 6 nitrogen and oxygen atoms in total. The molecule has 0 atom stereocenters. The van der Waals surface area contributed by atoms with Crippen molar-refractivity contribution in [1.82, 2.24) is 15.1 Å². The van der Waals surface area contributed by atoms with Gasteiger partial charge in [-0.25, -0.2) is 4.79 Å². The van der Waals surface area contributed by atoms with Crippen molar-refractivity contribution in [2.45, 2.75) is 18.4 Å². The van der Waals surface area contributed by atoms with Gasteiger partial charge in [-0.2, -0.15) is 0 Å². The van der Waals surface area contributed by atoms with E-state index in [1.54, 1.807) is 19.0 Å². The zero-order valence-corrected chi connectivity index (χ0v) is 9.86. The molecule has 0 unspecified atom stereocenters. The van der Waals surface area contributed by atoms with Gasteiger partial charge in [0.1, 0.15) is 0 Å². The van der Waals surface area contributed by atoms with Crippen LogP contribution in [0.15, 0.2) is 4.99 Å². The summed E-state index contributed by atoms with van der Waals surface area (Å²) in [6, 6.07) is 0.0849. The van der Waals surface area contributed by atoms with Gasteiger partial charge in [-0.15, -0.1) is 0 Å². The van der Waals surface area contributed by atoms with E-state index in [-0.39, 0.29) is 11.6 Å². The number of hydrogen-bond acceptors (Lipinski definition) is 4. The Kier molecular flexibility index (Phi) is 2.65. The van der Waals surface area contributed by atoms with E-state index in [2.05, 4.69) is 10.3 Å². The number of likely N-dealkylation sites (tertiary alicyclic amines) is 1. The molecule has 1 spiro atoms. The summed E-state index contributed by atoms with van der Waals surface area (Å²) in [6.07, 6.45) is 1.83. The van der Waals surface area contributed by atoms with Crippen molar-refractivity contribution in [2.24, 2.45) is 10.7 Å². The molecule has 3 N–H and O–H groups in total. The maximum absolute atomic E-state index is 11.7. The minimum Gasteiger partial charge on any atom is -0.370 e. The first-order chi connectivity index (χ1) is 7.52. The van der Waals surface area contributed by atoms with Crippen molar-refractivity contribution >= 4 is 12.0 Å². The van der Waals surface area contributed by atoms with Gasteiger partial charge in [0.2, 0.25) is 0 Å². The molecule has 1 fully saturated rings. The van der Waals surface area contributed by atoms with E-state index >= 15 is 0 Å². The second-order valence-corrected chi connectivity index (χ2v) is 4.77. The Balaban J connectivity index is 1.90. The van der Waals surface area contributed by atoms with E-state index in [1.807, 2.05) is 4.90 Å². The predicted octanol–water partition coefficient (Wildman–Crippen LogP) is -0.579. The van der Waals surface area contributed by atoms with Gasteiger partial charge in [-0.05, 0) is 12.8 Å². The van der Waals surface area contributed by atoms with E-state index in [9.17, 15) is 4.79 Å². The van der Waals surface area contributed by atoms with Crippen molar-refractivity contribution in [3.05, 3.63) is 0 Å². The summed E-state index contributed by atoms with van der Waals surface area (Å²) in [7, 11) is 3.56. The molecular formula is C10H19N5O. The first kappa shape index (κ1) is 11.0. The number of carbonyl (C=O) groups is 1. The predicted molar refractivity (Wildman–Crippen MR) is 62.2 cm³/mol. The summed E-state index contributed by atoms with van der Waals surface area (Å²) in [5.74, 6) is 0.535. The maximum Gasteiger partial charge on any atom is 0.319 e. The Morgan fingerprint density at radius 3 is 2.56 bits per heavy atom. The number of nitrogens with zero attached hydrogens (tertiary/aromatic N) is 3. The Bertz CT molecular complexity index is 317. The average Bonchev–Trinajstić information content (AvgIpc) is 2.60. The van der Waals surface area contributed by atoms with Crippen molar-refractivity contribution < 1.29 is 4.79 Å². The van der Waals surface area contributed by atoms with Crippen molar-refractivity contribution in [1.29, 1.82) is 0 Å². The van der Waals surface area contributed by atoms with E-state index < -0.39 is 0 Å². The van der Waals surface area contributed by atoms with Gasteiger partial charge >= 0.3 is 6.03 Å². The molecule has 2 aliphatic heterocycles. The average molecular weight is 225 g/mol. The second kappa shape index (κ2) is 3.84. The highest BCUT2D eigenvalue weighted by Gasteiger charge is 2.39. The fraction of sp³-hybridized carbons (Fsp3) is 0.800. The van der Waals surface area contributed by atoms with Crippen LogP contribution in [0.5, 0.6) is 0 Å². The number of nitrogens with two attached hydrogens (primary N) is 1. The molecule has 90 valence electrons. The number of aliphatic imine (C=N–C) groups is 1. The largest absolute Gasteiger partial charge is 0.370 e. The minimum atomic E-state index is 0.00712. The van der Waals surface area contributed by atoms with Crippen LogP contribution in [0.3, 0.4) is 0 Å². The van der Waals surface area contributed by atoms with Crippen LogP contribution in [-0.4, -0.2) is 61.1 Å². The maximum atomic E-state index is 11.7. The minimum absolute atomic E-state index is 0.00712. The summed E-state index contributed by atoms with van der Waals surface area (Å²) >= 11 is 0. The van der Waals surface area contributed by atoms with Crippen LogP contribution in [0.4, 0.5) is 4.79 Å². The molecule has 16 heavy (non-hydrogen) atoms. The third kappa shape index (κ3) is 1.91. The SMILES string of the molecule is CN(C)C(=O)N1CCC2(CC1)CN=C(N)N2. The normalized spacial score (nSPS) is 22.9. The molecule has 0 aromatic rings. The van der Waals surface area contributed by atoms with E-state index in [4.69, 9.17) is 5.73 Å². The van der Waals surface area contributed by atoms with Gasteiger partial charge in [0.15, 0.2) is 5.96 Å². The number of amides is 2. The fourth-order valence-electron chi connectivity index (χ4n) is 2.28. The van der Waals surface area contributed by atoms with Crippen LogP contribution in [-0.2, 0) is 0 Å². The Labute approximate surface area is 95.5 Å². The lowest BCUT2D eigenvalue weighted by Crippen LogP contribution is -2.56. The first-order valence-electron chi connectivity index (χ1n) is 5.57. The number of carbonyl (C=O) groups excluding carboxylic acids is 1. The van der Waals surface area contributed by atoms with Crippen LogP contribution in [0.2, 0.25) is 0 Å². The van der Waals surface area contributed by atoms with Gasteiger partial charge in [-0.3, -0.25) is 4.99 Å². The Morgan fingerprint density at radius 1 is 1.50 bits per heavy atom. The topological polar surface area (TPSA) is 74.0 Å². The molecule has 0 aromatic heterocycles. The monoisotopic (exact) mass is 225 g/mol. The third-order valence-electron chi connectivity index (χ3n) is 3.32. The highest BCUT2D eigenvalue weighted by molar-refractivity contribution is 5.81. The lowest BCUT2D eigenvalue weighted by atomic mass is 9.88. The molecule has 2 aliphatic rings. The standard InChI is InChI=1S/C10H19N5O/c1-14(2)9(16)15-5-3-10(4-6-15)7-12-8(11)13-10/h3-7H2,1-2H3,(H3,11,12,13). The number of urea groups is 1. The van der Waals surface area contributed by atoms with Gasteiger partial charge in [-0.1, -0.05) is 0 Å². The number of hydrogen-bond donors (Lipinski definition) is 2. The van der Waals surface area contributed by atoms with Crippen LogP contribution < -0.4 is 11.1 Å². The highest BCUT2D eigenvalue weighted by Crippen LogP contribution is 2.25. The summed E-state index contributed by atoms with van der Waals surface area (Å²) in [6.45, 7) is 2.28. The molecule has 2 heterocycles. The quantitative estimate of drug-likeness (QED) is 0.579. The van der Waals surface area contributed by atoms with Crippen molar-refractivity contribution in [3.63, 3.8) is 0 Å². The van der Waals surface area contributed by atoms with Crippen LogP contribution in [0, 0.1) is 0 Å². The smallest absolute Gasteiger partial charge is 0.319 e. The number of rotatable bonds is 0. The second-order valence-electron chi connectivity index (χ2n) is 4.77. The zero-order valence-electron chi connectivity index (χ0n) is 9.86. The number of guanidine groups is 1. The van der Waals surface area contributed by atoms with Gasteiger partial charge in [0.05, 0.1) is 12.1 Å². The molecule has 0 radical (unpaired) electrons. The van der Waals surface area contributed by atoms with Crippen molar-refractivity contribution in [3.8, 4) is 0 Å². The number of nitrogens with one attached hydrogen (secondary N) is 1. The van der Waals surface area contributed by atoms with Gasteiger partial charge in [0, 0.05) is 27.2 Å². The lowest BCUT2D eigenvalue weighted by molar-refractivity contribution is 0.137. The summed E-state index contributed by atoms with van der Waals surface area (Å²) in [5.41, 5.74) is 5.64. The zero-order chi connectivity index (χ0) is 11.8. The summed E-state index contributed by atoms with van der Waals surface area (Å²) in [4.78, 5) is 19.4. The molecule has 0 aliphatic carbocycles. The Morgan fingerprint density at radius 2 is 2.12 bits per heavy atom. The molecule has 6 heteroatoms. The van der Waals surface area contributed by atoms with Crippen LogP contribution >= 0.6 is 0 Å². The highest BCUT2D eigenvalue weighted by atomic mass is 16.2. The van der Waals surface area contributed by atoms with Crippen molar-refractivity contribution in [2.75, 3.05) is 33.7 Å².